The largest absolute Gasteiger partial charge is 0.452 e. The number of hydrogen-bond donors (Lipinski definition) is 0. The van der Waals surface area contributed by atoms with Gasteiger partial charge in [0.1, 0.15) is 11.3 Å². The molecule has 4 rings (SSSR count). The van der Waals surface area contributed by atoms with Gasteiger partial charge in [0.15, 0.2) is 20.3 Å². The van der Waals surface area contributed by atoms with Gasteiger partial charge in [-0.25, -0.2) is 8.42 Å². The zero-order chi connectivity index (χ0) is 20.1. The average Bonchev–Trinajstić information content (AvgIpc) is 3.30. The van der Waals surface area contributed by atoms with Crippen molar-refractivity contribution in [1.29, 1.82) is 0 Å². The van der Waals surface area contributed by atoms with Crippen LogP contribution in [0.3, 0.4) is 0 Å². The second-order valence-electron chi connectivity index (χ2n) is 7.25. The van der Waals surface area contributed by atoms with E-state index in [4.69, 9.17) is 8.83 Å². The summed E-state index contributed by atoms with van der Waals surface area (Å²) in [5.74, 6) is 0.547. The van der Waals surface area contributed by atoms with Crippen LogP contribution in [0, 0.1) is 13.8 Å². The molecule has 0 radical (unpaired) electrons. The second kappa shape index (κ2) is 7.08. The summed E-state index contributed by atoms with van der Waals surface area (Å²) in [6, 6.07) is 8.87. The molecule has 1 aliphatic heterocycles. The van der Waals surface area contributed by atoms with Crippen LogP contribution in [0.15, 0.2) is 43.8 Å². The van der Waals surface area contributed by atoms with Gasteiger partial charge >= 0.3 is 0 Å². The van der Waals surface area contributed by atoms with Crippen LogP contribution < -0.4 is 0 Å². The molecule has 3 aromatic rings. The van der Waals surface area contributed by atoms with Gasteiger partial charge in [-0.05, 0) is 60.5 Å². The summed E-state index contributed by atoms with van der Waals surface area (Å²) in [5, 5.41) is 0.892. The van der Waals surface area contributed by atoms with Gasteiger partial charge in [0.25, 0.3) is 5.91 Å². The van der Waals surface area contributed by atoms with E-state index < -0.39 is 15.9 Å². The van der Waals surface area contributed by atoms with Gasteiger partial charge in [0.05, 0.1) is 18.1 Å². The highest BCUT2D eigenvalue weighted by Crippen LogP contribution is 2.30. The molecule has 28 heavy (non-hydrogen) atoms. The van der Waals surface area contributed by atoms with E-state index in [0.717, 1.165) is 16.5 Å². The lowest BCUT2D eigenvalue weighted by molar-refractivity contribution is 0.0634. The molecule has 1 saturated heterocycles. The highest BCUT2D eigenvalue weighted by molar-refractivity contribution is 9.10. The lowest BCUT2D eigenvalue weighted by Gasteiger charge is -2.26. The Labute approximate surface area is 171 Å². The van der Waals surface area contributed by atoms with E-state index in [1.807, 2.05) is 32.0 Å². The first-order chi connectivity index (χ1) is 13.2. The molecule has 2 aromatic heterocycles. The van der Waals surface area contributed by atoms with Crippen LogP contribution in [0.1, 0.15) is 33.9 Å². The Morgan fingerprint density at radius 3 is 2.64 bits per heavy atom. The van der Waals surface area contributed by atoms with Crippen molar-refractivity contribution < 1.29 is 22.0 Å². The van der Waals surface area contributed by atoms with E-state index in [1.54, 1.807) is 17.0 Å². The fourth-order valence-electron chi connectivity index (χ4n) is 3.66. The zero-order valence-electron chi connectivity index (χ0n) is 15.6. The summed E-state index contributed by atoms with van der Waals surface area (Å²) in [7, 11) is -3.15. The first-order valence-corrected chi connectivity index (χ1v) is 11.6. The Hall–Kier alpha value is -2.06. The number of benzene rings is 1. The van der Waals surface area contributed by atoms with E-state index in [9.17, 15) is 13.2 Å². The Bertz CT molecular complexity index is 1160. The van der Waals surface area contributed by atoms with Crippen LogP contribution in [0.4, 0.5) is 0 Å². The quantitative estimate of drug-likeness (QED) is 0.575. The molecule has 148 valence electrons. The van der Waals surface area contributed by atoms with Gasteiger partial charge < -0.3 is 13.7 Å². The molecule has 6 nitrogen and oxygen atoms in total. The molecule has 0 unspecified atom stereocenters. The molecule has 1 aromatic carbocycles. The molecule has 0 aliphatic carbocycles. The normalized spacial score (nSPS) is 18.6. The number of fused-ring (bicyclic) bond motifs is 1. The van der Waals surface area contributed by atoms with Gasteiger partial charge in [-0.2, -0.15) is 0 Å². The Balaban J connectivity index is 1.73. The Morgan fingerprint density at radius 1 is 1.21 bits per heavy atom. The molecular weight excluding hydrogens is 446 g/mol. The van der Waals surface area contributed by atoms with E-state index >= 15 is 0 Å². The first kappa shape index (κ1) is 19.3. The van der Waals surface area contributed by atoms with Gasteiger partial charge in [-0.3, -0.25) is 4.79 Å². The third-order valence-electron chi connectivity index (χ3n) is 5.15. The summed E-state index contributed by atoms with van der Waals surface area (Å²) >= 11 is 3.26. The molecule has 1 atom stereocenters. The number of hydrogen-bond acceptors (Lipinski definition) is 5. The lowest BCUT2D eigenvalue weighted by Crippen LogP contribution is -2.40. The number of amides is 1. The number of sulfone groups is 1. The standard InChI is InChI=1S/C20H20BrNO5S/c1-12-3-5-17-16(9-12)13(2)19(27-17)20(23)22(10-15-4-6-18(21)26-15)14-7-8-28(24,25)11-14/h3-6,9,14H,7-8,10-11H2,1-2H3/t14-/m0/s1. The summed E-state index contributed by atoms with van der Waals surface area (Å²) in [5.41, 5.74) is 2.48. The molecule has 8 heteroatoms. The van der Waals surface area contributed by atoms with Crippen LogP contribution in [-0.4, -0.2) is 36.8 Å². The predicted octanol–water partition coefficient (Wildman–Crippen LogP) is 4.23. The SMILES string of the molecule is Cc1ccc2oc(C(=O)N(Cc3ccc(Br)o3)[C@H]3CCS(=O)(=O)C3)c(C)c2c1. The highest BCUT2D eigenvalue weighted by atomic mass is 79.9. The highest BCUT2D eigenvalue weighted by Gasteiger charge is 2.37. The maximum absolute atomic E-state index is 13.4. The van der Waals surface area contributed by atoms with Gasteiger partial charge in [0.2, 0.25) is 0 Å². The van der Waals surface area contributed by atoms with E-state index in [2.05, 4.69) is 15.9 Å². The number of halogens is 1. The Morgan fingerprint density at radius 2 is 2.00 bits per heavy atom. The summed E-state index contributed by atoms with van der Waals surface area (Å²) in [6.45, 7) is 4.02. The molecule has 3 heterocycles. The van der Waals surface area contributed by atoms with Crippen LogP contribution in [0.5, 0.6) is 0 Å². The van der Waals surface area contributed by atoms with Gasteiger partial charge in [-0.15, -0.1) is 0 Å². The van der Waals surface area contributed by atoms with Crippen molar-refractivity contribution in [1.82, 2.24) is 4.90 Å². The fourth-order valence-corrected chi connectivity index (χ4v) is 5.73. The minimum atomic E-state index is -3.15. The molecule has 1 amide bonds. The topological polar surface area (TPSA) is 80.7 Å². The van der Waals surface area contributed by atoms with Crippen molar-refractivity contribution in [2.45, 2.75) is 32.9 Å². The van der Waals surface area contributed by atoms with E-state index in [-0.39, 0.29) is 29.7 Å². The van der Waals surface area contributed by atoms with Crippen LogP contribution in [0.2, 0.25) is 0 Å². The predicted molar refractivity (Wildman–Crippen MR) is 109 cm³/mol. The fraction of sp³-hybridized carbons (Fsp3) is 0.350. The number of nitrogens with zero attached hydrogens (tertiary/aromatic N) is 1. The minimum absolute atomic E-state index is 0.0427. The van der Waals surface area contributed by atoms with Crippen molar-refractivity contribution >= 4 is 42.6 Å². The first-order valence-electron chi connectivity index (χ1n) is 8.99. The maximum atomic E-state index is 13.4. The molecule has 1 aliphatic rings. The van der Waals surface area contributed by atoms with Gasteiger partial charge in [0, 0.05) is 17.0 Å². The third-order valence-corrected chi connectivity index (χ3v) is 7.33. The number of rotatable bonds is 4. The third kappa shape index (κ3) is 3.63. The molecule has 0 spiro atoms. The second-order valence-corrected chi connectivity index (χ2v) is 10.3. The summed E-state index contributed by atoms with van der Waals surface area (Å²) < 4.78 is 36.0. The zero-order valence-corrected chi connectivity index (χ0v) is 18.0. The van der Waals surface area contributed by atoms with Crippen molar-refractivity contribution in [3.8, 4) is 0 Å². The molecule has 0 saturated carbocycles. The maximum Gasteiger partial charge on any atom is 0.290 e. The summed E-state index contributed by atoms with van der Waals surface area (Å²) in [4.78, 5) is 15.0. The van der Waals surface area contributed by atoms with E-state index in [0.29, 0.717) is 22.4 Å². The lowest BCUT2D eigenvalue weighted by atomic mass is 10.1. The monoisotopic (exact) mass is 465 g/mol. The average molecular weight is 466 g/mol. The van der Waals surface area contributed by atoms with Gasteiger partial charge in [-0.1, -0.05) is 11.6 Å². The van der Waals surface area contributed by atoms with Crippen molar-refractivity contribution in [2.75, 3.05) is 11.5 Å². The Kier molecular flexibility index (Phi) is 4.87. The smallest absolute Gasteiger partial charge is 0.290 e. The van der Waals surface area contributed by atoms with E-state index in [1.165, 1.54) is 0 Å². The molecular formula is C20H20BrNO5S. The van der Waals surface area contributed by atoms with Crippen molar-refractivity contribution in [3.05, 3.63) is 57.6 Å². The molecule has 1 fully saturated rings. The number of carbonyl (C=O) groups excluding carboxylic acids is 1. The van der Waals surface area contributed by atoms with Crippen LogP contribution >= 0.6 is 15.9 Å². The number of carbonyl (C=O) groups is 1. The minimum Gasteiger partial charge on any atom is -0.452 e. The number of furan rings is 2. The summed E-state index contributed by atoms with van der Waals surface area (Å²) in [6.07, 6.45) is 0.411. The number of aryl methyl sites for hydroxylation is 2. The van der Waals surface area contributed by atoms with Crippen molar-refractivity contribution in [2.24, 2.45) is 0 Å². The van der Waals surface area contributed by atoms with Crippen LogP contribution in [-0.2, 0) is 16.4 Å². The molecule has 0 bridgehead atoms. The molecule has 0 N–H and O–H groups in total. The van der Waals surface area contributed by atoms with Crippen LogP contribution in [0.25, 0.3) is 11.0 Å². The van der Waals surface area contributed by atoms with Crippen molar-refractivity contribution in [3.63, 3.8) is 0 Å².